The highest BCUT2D eigenvalue weighted by atomic mass is 32.1. The van der Waals surface area contributed by atoms with Gasteiger partial charge in [-0.2, -0.15) is 28.4 Å². The standard InChI is InChI=1S/C33H30F6N6O3S/c1-43(19-5-8-44(13-19)24(47)14-46)30-21-9-22(33(37,38)39)26(20-3-4-23(35)29-25(20)17(11-40)15-49-29)27(36)28(21)41-31(42-30)48-16-32-6-2-7-45(32)12-18(34)10-32/h3-4,9,15,18-19,46H,2,5-8,10,12-14,16H2,1H3/t18-,19-,32+/m1/s1. The lowest BCUT2D eigenvalue weighted by Gasteiger charge is -2.31. The SMILES string of the molecule is CN(c1nc(OC[C@@]23CCCN2C[C@H](F)C3)nc2c(F)c(-c3ccc(F)c4scc(C#N)c34)c(C(F)(F)F)cc12)[C@@H]1CCN(C(=O)CO)C1. The number of thiophene rings is 1. The number of likely N-dealkylation sites (tertiary alicyclic amines) is 1. The first-order valence-corrected chi connectivity index (χ1v) is 16.6. The van der Waals surface area contributed by atoms with Gasteiger partial charge in [-0.3, -0.25) is 9.69 Å². The molecule has 2 aromatic heterocycles. The molecule has 49 heavy (non-hydrogen) atoms. The molecule has 3 aliphatic rings. The van der Waals surface area contributed by atoms with E-state index < -0.39 is 64.7 Å². The van der Waals surface area contributed by atoms with Crippen LogP contribution in [0.1, 0.15) is 36.8 Å². The predicted molar refractivity (Wildman–Crippen MR) is 169 cm³/mol. The van der Waals surface area contributed by atoms with Crippen LogP contribution < -0.4 is 9.64 Å². The van der Waals surface area contributed by atoms with Gasteiger partial charge < -0.3 is 19.6 Å². The number of ether oxygens (including phenoxy) is 1. The van der Waals surface area contributed by atoms with E-state index in [9.17, 15) is 37.1 Å². The van der Waals surface area contributed by atoms with Crippen molar-refractivity contribution >= 4 is 44.1 Å². The normalized spacial score (nSPS) is 22.6. The molecule has 0 saturated carbocycles. The van der Waals surface area contributed by atoms with E-state index in [1.807, 2.05) is 11.0 Å². The van der Waals surface area contributed by atoms with Gasteiger partial charge in [-0.25, -0.2) is 13.2 Å². The molecule has 0 unspecified atom stereocenters. The topological polar surface area (TPSA) is 106 Å². The van der Waals surface area contributed by atoms with Crippen LogP contribution in [0.15, 0.2) is 23.6 Å². The third kappa shape index (κ3) is 5.61. The molecule has 0 spiro atoms. The van der Waals surface area contributed by atoms with E-state index in [1.165, 1.54) is 15.2 Å². The Labute approximate surface area is 280 Å². The van der Waals surface area contributed by atoms with E-state index in [2.05, 4.69) is 9.97 Å². The predicted octanol–water partition coefficient (Wildman–Crippen LogP) is 5.66. The van der Waals surface area contributed by atoms with Crippen LogP contribution in [0.5, 0.6) is 6.01 Å². The first-order chi connectivity index (χ1) is 23.3. The van der Waals surface area contributed by atoms with Gasteiger partial charge in [0.1, 0.15) is 42.6 Å². The highest BCUT2D eigenvalue weighted by Gasteiger charge is 2.49. The van der Waals surface area contributed by atoms with Crippen LogP contribution in [-0.4, -0.2) is 95.0 Å². The molecule has 3 saturated heterocycles. The molecule has 258 valence electrons. The summed E-state index contributed by atoms with van der Waals surface area (Å²) in [7, 11) is 1.55. The summed E-state index contributed by atoms with van der Waals surface area (Å²) < 4.78 is 96.8. The molecule has 7 rings (SSSR count). The van der Waals surface area contributed by atoms with Crippen LogP contribution in [0.25, 0.3) is 32.1 Å². The van der Waals surface area contributed by atoms with Gasteiger partial charge in [0, 0.05) is 60.9 Å². The number of nitriles is 1. The maximum Gasteiger partial charge on any atom is 0.417 e. The van der Waals surface area contributed by atoms with Gasteiger partial charge in [0.15, 0.2) is 5.82 Å². The lowest BCUT2D eigenvalue weighted by atomic mass is 9.92. The number of aromatic nitrogens is 2. The second-order valence-electron chi connectivity index (χ2n) is 12.8. The number of aliphatic hydroxyl groups excluding tert-OH is 1. The van der Waals surface area contributed by atoms with E-state index in [4.69, 9.17) is 4.74 Å². The maximum absolute atomic E-state index is 17.0. The molecule has 9 nitrogen and oxygen atoms in total. The first-order valence-electron chi connectivity index (χ1n) is 15.7. The van der Waals surface area contributed by atoms with Crippen LogP contribution in [0.2, 0.25) is 0 Å². The minimum Gasteiger partial charge on any atom is -0.461 e. The molecule has 0 aliphatic carbocycles. The van der Waals surface area contributed by atoms with E-state index in [0.717, 1.165) is 36.0 Å². The average Bonchev–Trinajstić information content (AvgIpc) is 3.86. The highest BCUT2D eigenvalue weighted by molar-refractivity contribution is 7.17. The summed E-state index contributed by atoms with van der Waals surface area (Å²) in [5, 5.41) is 19.9. The van der Waals surface area contributed by atoms with Crippen molar-refractivity contribution in [1.82, 2.24) is 19.8 Å². The van der Waals surface area contributed by atoms with Crippen molar-refractivity contribution in [2.45, 2.75) is 49.6 Å². The van der Waals surface area contributed by atoms with Crippen LogP contribution in [0.4, 0.5) is 32.2 Å². The number of likely N-dealkylation sites (N-methyl/N-ethyl adjacent to an activating group) is 1. The second kappa shape index (κ2) is 12.3. The number of carbonyl (C=O) groups excluding carboxylic acids is 1. The van der Waals surface area contributed by atoms with Crippen LogP contribution in [0.3, 0.4) is 0 Å². The van der Waals surface area contributed by atoms with Gasteiger partial charge in [-0.05, 0) is 43.5 Å². The molecule has 3 atom stereocenters. The molecule has 16 heteroatoms. The largest absolute Gasteiger partial charge is 0.461 e. The zero-order chi connectivity index (χ0) is 34.8. The third-order valence-corrected chi connectivity index (χ3v) is 11.0. The Morgan fingerprint density at radius 2 is 2.04 bits per heavy atom. The van der Waals surface area contributed by atoms with E-state index in [-0.39, 0.29) is 71.1 Å². The van der Waals surface area contributed by atoms with Crippen molar-refractivity contribution in [2.75, 3.05) is 51.3 Å². The Morgan fingerprint density at radius 3 is 2.78 bits per heavy atom. The van der Waals surface area contributed by atoms with E-state index in [1.54, 1.807) is 7.05 Å². The summed E-state index contributed by atoms with van der Waals surface area (Å²) in [5.41, 5.74) is -3.85. The monoisotopic (exact) mass is 704 g/mol. The zero-order valence-electron chi connectivity index (χ0n) is 26.2. The number of rotatable bonds is 7. The van der Waals surface area contributed by atoms with Crippen molar-refractivity contribution in [2.24, 2.45) is 0 Å². The summed E-state index contributed by atoms with van der Waals surface area (Å²) in [4.78, 5) is 25.9. The molecule has 3 fully saturated rings. The second-order valence-corrected chi connectivity index (χ2v) is 13.7. The van der Waals surface area contributed by atoms with Crippen LogP contribution in [-0.2, 0) is 11.0 Å². The fraction of sp³-hybridized carbons (Fsp3) is 0.455. The number of aliphatic hydroxyl groups is 1. The number of amides is 1. The molecule has 2 aromatic carbocycles. The quantitative estimate of drug-likeness (QED) is 0.246. The van der Waals surface area contributed by atoms with Gasteiger partial charge in [-0.1, -0.05) is 6.07 Å². The van der Waals surface area contributed by atoms with E-state index >= 15 is 4.39 Å². The summed E-state index contributed by atoms with van der Waals surface area (Å²) in [6, 6.07) is 3.75. The number of alkyl halides is 4. The molecule has 3 aliphatic heterocycles. The molecule has 0 bridgehead atoms. The average molecular weight is 705 g/mol. The number of carbonyl (C=O) groups is 1. The van der Waals surface area contributed by atoms with Crippen molar-refractivity contribution in [3.8, 4) is 23.2 Å². The van der Waals surface area contributed by atoms with Gasteiger partial charge >= 0.3 is 12.2 Å². The van der Waals surface area contributed by atoms with Crippen molar-refractivity contribution in [3.05, 3.63) is 46.3 Å². The van der Waals surface area contributed by atoms with E-state index in [0.29, 0.717) is 19.4 Å². The number of hydrogen-bond donors (Lipinski definition) is 1. The fourth-order valence-corrected chi connectivity index (χ4v) is 8.55. The van der Waals surface area contributed by atoms with Crippen LogP contribution in [0, 0.1) is 23.0 Å². The summed E-state index contributed by atoms with van der Waals surface area (Å²) in [6.07, 6.45) is -4.08. The van der Waals surface area contributed by atoms with Gasteiger partial charge in [0.25, 0.3) is 0 Å². The third-order valence-electron chi connectivity index (χ3n) is 10.0. The number of anilines is 1. The highest BCUT2D eigenvalue weighted by Crippen LogP contribution is 2.47. The number of fused-ring (bicyclic) bond motifs is 3. The molecule has 1 N–H and O–H groups in total. The van der Waals surface area contributed by atoms with Crippen LogP contribution >= 0.6 is 11.3 Å². The van der Waals surface area contributed by atoms with Crippen molar-refractivity contribution in [3.63, 3.8) is 0 Å². The lowest BCUT2D eigenvalue weighted by molar-refractivity contribution is -0.137. The van der Waals surface area contributed by atoms with Gasteiger partial charge in [-0.15, -0.1) is 11.3 Å². The Kier molecular flexibility index (Phi) is 8.35. The Morgan fingerprint density at radius 1 is 1.24 bits per heavy atom. The van der Waals surface area contributed by atoms with Gasteiger partial charge in [0.05, 0.1) is 21.4 Å². The number of nitrogens with zero attached hydrogens (tertiary/aromatic N) is 6. The smallest absolute Gasteiger partial charge is 0.417 e. The fourth-order valence-electron chi connectivity index (χ4n) is 7.62. The Balaban J connectivity index is 1.42. The molecule has 4 aromatic rings. The lowest BCUT2D eigenvalue weighted by Crippen LogP contribution is -2.43. The molecular weight excluding hydrogens is 674 g/mol. The Hall–Kier alpha value is -4.20. The zero-order valence-corrected chi connectivity index (χ0v) is 27.0. The summed E-state index contributed by atoms with van der Waals surface area (Å²) >= 11 is 0.821. The van der Waals surface area contributed by atoms with Crippen molar-refractivity contribution in [1.29, 1.82) is 5.26 Å². The first kappa shape index (κ1) is 33.3. The molecule has 5 heterocycles. The maximum atomic E-state index is 17.0. The summed E-state index contributed by atoms with van der Waals surface area (Å²) in [6.45, 7) is 0.594. The number of halogens is 6. The molecular formula is C33H30F6N6O3S. The number of benzene rings is 2. The number of hydrogen-bond acceptors (Lipinski definition) is 9. The molecule has 1 amide bonds. The van der Waals surface area contributed by atoms with Gasteiger partial charge in [0.2, 0.25) is 5.91 Å². The van der Waals surface area contributed by atoms with Crippen molar-refractivity contribution < 1.29 is 41.0 Å². The minimum atomic E-state index is -5.10. The summed E-state index contributed by atoms with van der Waals surface area (Å²) in [5.74, 6) is -2.74. The molecule has 0 radical (unpaired) electrons. The Bertz CT molecular complexity index is 2020. The minimum absolute atomic E-state index is 0.0293.